The first kappa shape index (κ1) is 46.8. The Bertz CT molecular complexity index is 2350. The number of pyridine rings is 1. The molecule has 62 heavy (non-hydrogen) atoms. The van der Waals surface area contributed by atoms with Crippen molar-refractivity contribution in [2.75, 3.05) is 37.2 Å². The number of anilines is 2. The zero-order chi connectivity index (χ0) is 45.0. The molecule has 1 fully saturated rings. The largest absolute Gasteiger partial charge is 0.481 e. The molecule has 0 saturated carbocycles. The SMILES string of the molecule is CCCCCc1cc2ccc(-c3cccc(S(=O)(=O)N4CC(CNC(=O)OCc5ccc(NC(=O)C(CCCNC(N)=O)NC(=O)C(C(=O)O)C(C)C)cc5)C4)c3)cc2nc1N. The summed E-state index contributed by atoms with van der Waals surface area (Å²) in [5, 5.41) is 20.8. The number of amides is 5. The lowest BCUT2D eigenvalue weighted by Gasteiger charge is -2.38. The minimum Gasteiger partial charge on any atom is -0.481 e. The Balaban J connectivity index is 1.08. The topological polar surface area (TPSA) is 265 Å². The number of alkyl carbamates (subject to hydrolysis) is 1. The number of fused-ring (bicyclic) bond motifs is 1. The zero-order valence-electron chi connectivity index (χ0n) is 35.2. The lowest BCUT2D eigenvalue weighted by atomic mass is 9.94. The van der Waals surface area contributed by atoms with Gasteiger partial charge < -0.3 is 42.6 Å². The molecule has 3 aromatic carbocycles. The second-order valence-electron chi connectivity index (χ2n) is 15.8. The van der Waals surface area contributed by atoms with Crippen molar-refractivity contribution in [3.05, 3.63) is 83.9 Å². The molecule has 9 N–H and O–H groups in total. The van der Waals surface area contributed by atoms with E-state index in [9.17, 15) is 37.5 Å². The number of aryl methyl sites for hydroxylation is 1. The highest BCUT2D eigenvalue weighted by atomic mass is 32.2. The normalized spacial score (nSPS) is 14.1. The average molecular weight is 873 g/mol. The molecular weight excluding hydrogens is 817 g/mol. The molecule has 18 heteroatoms. The molecule has 5 amide bonds. The number of aromatic nitrogens is 1. The molecule has 332 valence electrons. The van der Waals surface area contributed by atoms with Gasteiger partial charge in [0, 0.05) is 43.2 Å². The van der Waals surface area contributed by atoms with Gasteiger partial charge in [0.15, 0.2) is 0 Å². The Hall–Kier alpha value is -6.27. The van der Waals surface area contributed by atoms with Crippen LogP contribution in [0.25, 0.3) is 22.0 Å². The Morgan fingerprint density at radius 3 is 2.32 bits per heavy atom. The molecule has 0 spiro atoms. The first-order valence-electron chi connectivity index (χ1n) is 20.7. The van der Waals surface area contributed by atoms with E-state index in [2.05, 4.69) is 39.2 Å². The van der Waals surface area contributed by atoms with Gasteiger partial charge in [-0.25, -0.2) is 23.0 Å². The van der Waals surface area contributed by atoms with E-state index < -0.39 is 57.8 Å². The van der Waals surface area contributed by atoms with Crippen LogP contribution in [0, 0.1) is 17.8 Å². The fraction of sp³-hybridized carbons (Fsp3) is 0.409. The van der Waals surface area contributed by atoms with Gasteiger partial charge >= 0.3 is 18.1 Å². The summed E-state index contributed by atoms with van der Waals surface area (Å²) in [4.78, 5) is 66.0. The van der Waals surface area contributed by atoms with E-state index >= 15 is 0 Å². The number of nitrogen functional groups attached to an aromatic ring is 1. The summed E-state index contributed by atoms with van der Waals surface area (Å²) in [6.45, 7) is 6.06. The van der Waals surface area contributed by atoms with Gasteiger partial charge in [0.25, 0.3) is 0 Å². The number of hydrogen-bond donors (Lipinski definition) is 7. The highest BCUT2D eigenvalue weighted by Crippen LogP contribution is 2.31. The van der Waals surface area contributed by atoms with Crippen LogP contribution in [-0.2, 0) is 42.2 Å². The maximum absolute atomic E-state index is 13.6. The molecule has 0 radical (unpaired) electrons. The van der Waals surface area contributed by atoms with Crippen LogP contribution < -0.4 is 32.7 Å². The van der Waals surface area contributed by atoms with E-state index in [0.29, 0.717) is 17.1 Å². The summed E-state index contributed by atoms with van der Waals surface area (Å²) in [7, 11) is -3.79. The van der Waals surface area contributed by atoms with Crippen molar-refractivity contribution < 1.29 is 42.2 Å². The number of aliphatic carboxylic acids is 1. The van der Waals surface area contributed by atoms with Crippen molar-refractivity contribution >= 4 is 62.3 Å². The van der Waals surface area contributed by atoms with Gasteiger partial charge in [0.2, 0.25) is 21.8 Å². The average Bonchev–Trinajstić information content (AvgIpc) is 3.20. The molecule has 0 aliphatic carbocycles. The van der Waals surface area contributed by atoms with Crippen LogP contribution in [0.1, 0.15) is 64.0 Å². The van der Waals surface area contributed by atoms with Crippen LogP contribution in [-0.4, -0.2) is 84.9 Å². The second-order valence-corrected chi connectivity index (χ2v) is 17.7. The quantitative estimate of drug-likeness (QED) is 0.0433. The molecule has 2 unspecified atom stereocenters. The molecule has 1 saturated heterocycles. The number of carbonyl (C=O) groups excluding carboxylic acids is 4. The third kappa shape index (κ3) is 12.6. The Labute approximate surface area is 361 Å². The number of primary amides is 1. The number of benzene rings is 3. The van der Waals surface area contributed by atoms with Crippen molar-refractivity contribution in [2.24, 2.45) is 23.5 Å². The third-order valence-corrected chi connectivity index (χ3v) is 12.5. The molecule has 1 aromatic heterocycles. The molecular formula is C44H56N8O9S. The molecule has 4 aromatic rings. The number of sulfonamides is 1. The summed E-state index contributed by atoms with van der Waals surface area (Å²) in [6, 6.07) is 19.3. The number of nitrogens with one attached hydrogen (secondary N) is 4. The minimum absolute atomic E-state index is 0.0837. The van der Waals surface area contributed by atoms with Crippen molar-refractivity contribution in [3.63, 3.8) is 0 Å². The lowest BCUT2D eigenvalue weighted by molar-refractivity contribution is -0.149. The van der Waals surface area contributed by atoms with Crippen molar-refractivity contribution in [2.45, 2.75) is 76.8 Å². The van der Waals surface area contributed by atoms with Crippen LogP contribution in [0.3, 0.4) is 0 Å². The number of carboxylic acid groups (broad SMARTS) is 1. The van der Waals surface area contributed by atoms with Gasteiger partial charge in [-0.1, -0.05) is 70.0 Å². The van der Waals surface area contributed by atoms with Crippen molar-refractivity contribution in [3.8, 4) is 11.1 Å². The monoisotopic (exact) mass is 872 g/mol. The van der Waals surface area contributed by atoms with Crippen molar-refractivity contribution in [1.29, 1.82) is 0 Å². The fourth-order valence-corrected chi connectivity index (χ4v) is 8.73. The fourth-order valence-electron chi connectivity index (χ4n) is 7.09. The van der Waals surface area contributed by atoms with Crippen LogP contribution >= 0.6 is 0 Å². The summed E-state index contributed by atoms with van der Waals surface area (Å²) in [6.07, 6.45) is 3.86. The molecule has 2 atom stereocenters. The highest BCUT2D eigenvalue weighted by Gasteiger charge is 2.37. The van der Waals surface area contributed by atoms with E-state index in [1.54, 1.807) is 56.3 Å². The molecule has 5 rings (SSSR count). The Morgan fingerprint density at radius 2 is 1.65 bits per heavy atom. The predicted molar refractivity (Wildman–Crippen MR) is 235 cm³/mol. The number of nitrogens with zero attached hydrogens (tertiary/aromatic N) is 2. The van der Waals surface area contributed by atoms with Gasteiger partial charge in [-0.15, -0.1) is 0 Å². The van der Waals surface area contributed by atoms with Gasteiger partial charge in [-0.3, -0.25) is 14.4 Å². The van der Waals surface area contributed by atoms with Gasteiger partial charge in [-0.05, 0) is 90.3 Å². The maximum Gasteiger partial charge on any atom is 0.407 e. The number of urea groups is 1. The first-order chi connectivity index (χ1) is 29.5. The molecule has 2 heterocycles. The van der Waals surface area contributed by atoms with Crippen LogP contribution in [0.5, 0.6) is 0 Å². The lowest BCUT2D eigenvalue weighted by Crippen LogP contribution is -2.53. The number of hydrogen-bond acceptors (Lipinski definition) is 10. The highest BCUT2D eigenvalue weighted by molar-refractivity contribution is 7.89. The van der Waals surface area contributed by atoms with Gasteiger partial charge in [0.05, 0.1) is 10.4 Å². The molecule has 1 aliphatic rings. The summed E-state index contributed by atoms with van der Waals surface area (Å²) < 4.78 is 33.8. The number of unbranched alkanes of at least 4 members (excludes halogenated alkanes) is 2. The summed E-state index contributed by atoms with van der Waals surface area (Å²) in [5.41, 5.74) is 15.7. The first-order valence-corrected chi connectivity index (χ1v) is 22.2. The zero-order valence-corrected chi connectivity index (χ0v) is 36.0. The van der Waals surface area contributed by atoms with E-state index in [1.807, 2.05) is 24.3 Å². The standard InChI is InChI=1S/C44H56N8O9S/c1-4-5-6-9-33-20-32-16-15-31(22-37(32)50-39(33)45)30-10-7-11-35(21-30)62(59,60)52-24-29(25-52)23-48-44(58)61-26-28-13-17-34(18-14-28)49-40(53)36(12-8-19-47-43(46)57)51-41(54)38(27(2)3)42(55)56/h7,10-11,13-18,20-22,27,29,36,38H,4-6,8-9,12,19,23-26H2,1-3H3,(H2,45,50)(H,48,58)(H,49,53)(H,51,54)(H,55,56)(H3,46,47,57). The Kier molecular flexibility index (Phi) is 16.2. The van der Waals surface area contributed by atoms with Gasteiger partial charge in [0.1, 0.15) is 24.4 Å². The smallest absolute Gasteiger partial charge is 0.407 e. The minimum atomic E-state index is -3.79. The summed E-state index contributed by atoms with van der Waals surface area (Å²) in [5.74, 6) is -4.21. The van der Waals surface area contributed by atoms with Crippen LogP contribution in [0.4, 0.5) is 21.1 Å². The maximum atomic E-state index is 13.6. The molecule has 1 aliphatic heterocycles. The number of ether oxygens (including phenoxy) is 1. The third-order valence-electron chi connectivity index (χ3n) is 10.7. The Morgan fingerprint density at radius 1 is 0.919 bits per heavy atom. The number of carbonyl (C=O) groups is 5. The van der Waals surface area contributed by atoms with Gasteiger partial charge in [-0.2, -0.15) is 4.31 Å². The van der Waals surface area contributed by atoms with Crippen LogP contribution in [0.2, 0.25) is 0 Å². The summed E-state index contributed by atoms with van der Waals surface area (Å²) >= 11 is 0. The number of carboxylic acids is 1. The number of nitrogens with two attached hydrogens (primary N) is 2. The number of rotatable bonds is 21. The second kappa shape index (κ2) is 21.5. The van der Waals surface area contributed by atoms with E-state index in [4.69, 9.17) is 16.2 Å². The van der Waals surface area contributed by atoms with Crippen LogP contribution in [0.15, 0.2) is 77.7 Å². The van der Waals surface area contributed by atoms with E-state index in [1.165, 1.54) is 4.31 Å². The molecule has 17 nitrogen and oxygen atoms in total. The molecule has 0 bridgehead atoms. The predicted octanol–water partition coefficient (Wildman–Crippen LogP) is 4.99. The van der Waals surface area contributed by atoms with E-state index in [0.717, 1.165) is 53.3 Å². The van der Waals surface area contributed by atoms with Crippen molar-refractivity contribution in [1.82, 2.24) is 25.2 Å². The van der Waals surface area contributed by atoms with E-state index in [-0.39, 0.29) is 56.4 Å².